The number of likely N-dealkylation sites (tertiary alicyclic amines) is 1. The Hall–Kier alpha value is -0.530. The van der Waals surface area contributed by atoms with Crippen LogP contribution in [0.2, 0.25) is 0 Å². The predicted octanol–water partition coefficient (Wildman–Crippen LogP) is 1.81. The zero-order valence-electron chi connectivity index (χ0n) is 12.9. The van der Waals surface area contributed by atoms with Gasteiger partial charge in [-0.3, -0.25) is 9.79 Å². The van der Waals surface area contributed by atoms with Gasteiger partial charge in [-0.2, -0.15) is 0 Å². The smallest absolute Gasteiger partial charge is 0.222 e. The van der Waals surface area contributed by atoms with E-state index in [9.17, 15) is 4.79 Å². The van der Waals surface area contributed by atoms with Gasteiger partial charge in [-0.05, 0) is 25.2 Å². The summed E-state index contributed by atoms with van der Waals surface area (Å²) in [6.07, 6.45) is 3.31. The van der Waals surface area contributed by atoms with Crippen molar-refractivity contribution in [2.24, 2.45) is 22.6 Å². The molecule has 1 saturated heterocycles. The fraction of sp³-hybridized carbons (Fsp3) is 0.857. The first-order chi connectivity index (χ1) is 9.00. The molecule has 0 aromatic rings. The average molecular weight is 396 g/mol. The number of piperidine rings is 1. The van der Waals surface area contributed by atoms with Gasteiger partial charge in [0.15, 0.2) is 5.96 Å². The van der Waals surface area contributed by atoms with Crippen LogP contribution < -0.4 is 11.1 Å². The summed E-state index contributed by atoms with van der Waals surface area (Å²) in [5.74, 6) is 1.50. The van der Waals surface area contributed by atoms with Crippen LogP contribution in [0.3, 0.4) is 0 Å². The number of nitrogens with one attached hydrogen (secondary N) is 1. The number of carbonyl (C=O) groups excluding carboxylic acids is 1. The Morgan fingerprint density at radius 2 is 2.20 bits per heavy atom. The van der Waals surface area contributed by atoms with Gasteiger partial charge in [-0.15, -0.1) is 24.0 Å². The molecule has 1 rings (SSSR count). The number of hydrogen-bond donors (Lipinski definition) is 2. The third-order valence-corrected chi connectivity index (χ3v) is 3.41. The van der Waals surface area contributed by atoms with Gasteiger partial charge in [0.1, 0.15) is 0 Å². The Morgan fingerprint density at radius 1 is 1.50 bits per heavy atom. The molecular weight excluding hydrogens is 367 g/mol. The van der Waals surface area contributed by atoms with E-state index < -0.39 is 0 Å². The lowest BCUT2D eigenvalue weighted by atomic mass is 10.0. The lowest BCUT2D eigenvalue weighted by molar-refractivity contribution is -0.123. The van der Waals surface area contributed by atoms with Crippen LogP contribution in [0.4, 0.5) is 0 Å². The molecule has 20 heavy (non-hydrogen) atoms. The van der Waals surface area contributed by atoms with Crippen LogP contribution in [-0.2, 0) is 4.79 Å². The summed E-state index contributed by atoms with van der Waals surface area (Å²) in [6.45, 7) is 9.41. The van der Waals surface area contributed by atoms with Crippen molar-refractivity contribution in [1.29, 1.82) is 0 Å². The van der Waals surface area contributed by atoms with Crippen molar-refractivity contribution in [1.82, 2.24) is 10.2 Å². The predicted molar refractivity (Wildman–Crippen MR) is 94.3 cm³/mol. The first kappa shape index (κ1) is 19.5. The number of aliphatic imine (C=N–C) groups is 1. The lowest BCUT2D eigenvalue weighted by Crippen LogP contribution is -2.43. The Bertz CT molecular complexity index is 320. The minimum Gasteiger partial charge on any atom is -0.370 e. The van der Waals surface area contributed by atoms with E-state index in [2.05, 4.69) is 22.1 Å². The van der Waals surface area contributed by atoms with Gasteiger partial charge in [0, 0.05) is 32.1 Å². The largest absolute Gasteiger partial charge is 0.370 e. The molecule has 3 N–H and O–H groups in total. The Kier molecular flexibility index (Phi) is 9.96. The van der Waals surface area contributed by atoms with Crippen molar-refractivity contribution >= 4 is 35.8 Å². The maximum Gasteiger partial charge on any atom is 0.222 e. The standard InChI is InChI=1S/C14H28N4O.HI/c1-11(2)13(19)16-7-5-8-17-14(15)18-9-4-6-12(3)10-18;/h11-12H,4-10H2,1-3H3,(H2,15,17)(H,16,19);1H. The van der Waals surface area contributed by atoms with Crippen molar-refractivity contribution in [2.75, 3.05) is 26.2 Å². The molecule has 0 aromatic carbocycles. The quantitative estimate of drug-likeness (QED) is 0.322. The number of nitrogens with zero attached hydrogens (tertiary/aromatic N) is 2. The fourth-order valence-corrected chi connectivity index (χ4v) is 2.19. The maximum atomic E-state index is 11.3. The highest BCUT2D eigenvalue weighted by Gasteiger charge is 2.17. The third kappa shape index (κ3) is 7.31. The van der Waals surface area contributed by atoms with Gasteiger partial charge in [0.05, 0.1) is 0 Å². The van der Waals surface area contributed by atoms with Gasteiger partial charge in [-0.1, -0.05) is 20.8 Å². The molecule has 6 heteroatoms. The molecule has 0 bridgehead atoms. The van der Waals surface area contributed by atoms with Crippen LogP contribution in [0.15, 0.2) is 4.99 Å². The van der Waals surface area contributed by atoms with Crippen molar-refractivity contribution in [3.8, 4) is 0 Å². The van der Waals surface area contributed by atoms with E-state index in [1.807, 2.05) is 13.8 Å². The van der Waals surface area contributed by atoms with Gasteiger partial charge in [-0.25, -0.2) is 0 Å². The zero-order chi connectivity index (χ0) is 14.3. The molecule has 1 aliphatic heterocycles. The Labute approximate surface area is 139 Å². The molecule has 0 spiro atoms. The average Bonchev–Trinajstić information content (AvgIpc) is 2.37. The number of carbonyl (C=O) groups is 1. The van der Waals surface area contributed by atoms with E-state index in [0.29, 0.717) is 25.0 Å². The Balaban J connectivity index is 0.00000361. The van der Waals surface area contributed by atoms with E-state index in [4.69, 9.17) is 5.73 Å². The highest BCUT2D eigenvalue weighted by molar-refractivity contribution is 14.0. The van der Waals surface area contributed by atoms with Crippen molar-refractivity contribution in [2.45, 2.75) is 40.0 Å². The van der Waals surface area contributed by atoms with Crippen LogP contribution in [0.5, 0.6) is 0 Å². The van der Waals surface area contributed by atoms with Crippen molar-refractivity contribution in [3.63, 3.8) is 0 Å². The summed E-state index contributed by atoms with van der Waals surface area (Å²) in [5, 5.41) is 2.88. The summed E-state index contributed by atoms with van der Waals surface area (Å²) in [4.78, 5) is 17.9. The maximum absolute atomic E-state index is 11.3. The normalized spacial score (nSPS) is 19.7. The second-order valence-corrected chi connectivity index (χ2v) is 5.73. The first-order valence-electron chi connectivity index (χ1n) is 7.33. The summed E-state index contributed by atoms with van der Waals surface area (Å²) < 4.78 is 0. The number of nitrogens with two attached hydrogens (primary N) is 1. The minimum atomic E-state index is 0. The van der Waals surface area contributed by atoms with E-state index >= 15 is 0 Å². The molecule has 1 fully saturated rings. The highest BCUT2D eigenvalue weighted by Crippen LogP contribution is 2.14. The molecule has 1 atom stereocenters. The molecule has 1 amide bonds. The molecule has 0 radical (unpaired) electrons. The van der Waals surface area contributed by atoms with Crippen LogP contribution >= 0.6 is 24.0 Å². The number of halogens is 1. The monoisotopic (exact) mass is 396 g/mol. The van der Waals surface area contributed by atoms with Crippen LogP contribution in [0, 0.1) is 11.8 Å². The first-order valence-corrected chi connectivity index (χ1v) is 7.33. The second-order valence-electron chi connectivity index (χ2n) is 5.73. The van der Waals surface area contributed by atoms with Gasteiger partial charge >= 0.3 is 0 Å². The molecule has 0 aromatic heterocycles. The van der Waals surface area contributed by atoms with E-state index in [1.54, 1.807) is 0 Å². The topological polar surface area (TPSA) is 70.7 Å². The van der Waals surface area contributed by atoms with E-state index in [-0.39, 0.29) is 35.8 Å². The number of guanidine groups is 1. The van der Waals surface area contributed by atoms with Gasteiger partial charge in [0.25, 0.3) is 0 Å². The molecular formula is C14H29IN4O. The van der Waals surface area contributed by atoms with Crippen LogP contribution in [0.1, 0.15) is 40.0 Å². The van der Waals surface area contributed by atoms with Gasteiger partial charge in [0.2, 0.25) is 5.91 Å². The van der Waals surface area contributed by atoms with E-state index in [0.717, 1.165) is 19.5 Å². The summed E-state index contributed by atoms with van der Waals surface area (Å²) in [7, 11) is 0. The van der Waals surface area contributed by atoms with Crippen LogP contribution in [-0.4, -0.2) is 42.9 Å². The molecule has 5 nitrogen and oxygen atoms in total. The van der Waals surface area contributed by atoms with Crippen LogP contribution in [0.25, 0.3) is 0 Å². The molecule has 1 aliphatic rings. The summed E-state index contributed by atoms with van der Waals surface area (Å²) in [5.41, 5.74) is 5.99. The fourth-order valence-electron chi connectivity index (χ4n) is 2.19. The summed E-state index contributed by atoms with van der Waals surface area (Å²) in [6, 6.07) is 0. The van der Waals surface area contributed by atoms with Gasteiger partial charge < -0.3 is 16.0 Å². The number of rotatable bonds is 5. The SMILES string of the molecule is CC1CCCN(C(N)=NCCCNC(=O)C(C)C)C1.I. The van der Waals surface area contributed by atoms with Crippen molar-refractivity contribution < 1.29 is 4.79 Å². The highest BCUT2D eigenvalue weighted by atomic mass is 127. The minimum absolute atomic E-state index is 0. The molecule has 1 heterocycles. The summed E-state index contributed by atoms with van der Waals surface area (Å²) >= 11 is 0. The Morgan fingerprint density at radius 3 is 2.80 bits per heavy atom. The zero-order valence-corrected chi connectivity index (χ0v) is 15.2. The van der Waals surface area contributed by atoms with E-state index in [1.165, 1.54) is 12.8 Å². The molecule has 118 valence electrons. The number of amides is 1. The third-order valence-electron chi connectivity index (χ3n) is 3.41. The molecule has 0 aliphatic carbocycles. The second kappa shape index (κ2) is 10.2. The lowest BCUT2D eigenvalue weighted by Gasteiger charge is -2.31. The molecule has 0 saturated carbocycles. The number of hydrogen-bond acceptors (Lipinski definition) is 2. The van der Waals surface area contributed by atoms with Crippen molar-refractivity contribution in [3.05, 3.63) is 0 Å². The molecule has 1 unspecified atom stereocenters.